The highest BCUT2D eigenvalue weighted by atomic mass is 16.4. The van der Waals surface area contributed by atoms with E-state index < -0.39 is 17.7 Å². The molecule has 0 bridgehead atoms. The van der Waals surface area contributed by atoms with Gasteiger partial charge in [0.1, 0.15) is 5.97 Å². The molecule has 0 spiro atoms. The SMILES string of the molecule is O=C([O-])CC/C=C\C(=O)C(=O)[O-]. The second-order valence-electron chi connectivity index (χ2n) is 1.96. The van der Waals surface area contributed by atoms with Crippen LogP contribution in [0.25, 0.3) is 0 Å². The van der Waals surface area contributed by atoms with Crippen molar-refractivity contribution in [1.82, 2.24) is 0 Å². The molecule has 0 N–H and O–H groups in total. The first-order chi connectivity index (χ1) is 5.54. The summed E-state index contributed by atoms with van der Waals surface area (Å²) in [5, 5.41) is 19.6. The van der Waals surface area contributed by atoms with E-state index in [0.29, 0.717) is 0 Å². The van der Waals surface area contributed by atoms with E-state index in [-0.39, 0.29) is 12.8 Å². The summed E-state index contributed by atoms with van der Waals surface area (Å²) in [5.74, 6) is -4.23. The normalized spacial score (nSPS) is 10.0. The van der Waals surface area contributed by atoms with E-state index in [1.807, 2.05) is 0 Å². The van der Waals surface area contributed by atoms with Gasteiger partial charge in [-0.25, -0.2) is 0 Å². The number of carbonyl (C=O) groups excluding carboxylic acids is 3. The molecule has 0 saturated heterocycles. The molecule has 0 aromatic heterocycles. The second kappa shape index (κ2) is 5.06. The quantitative estimate of drug-likeness (QED) is 0.332. The Morgan fingerprint density at radius 1 is 1.17 bits per heavy atom. The van der Waals surface area contributed by atoms with Crippen molar-refractivity contribution in [3.63, 3.8) is 0 Å². The molecule has 5 heteroatoms. The minimum Gasteiger partial charge on any atom is -0.550 e. The van der Waals surface area contributed by atoms with E-state index in [2.05, 4.69) is 0 Å². The lowest BCUT2D eigenvalue weighted by atomic mass is 10.2. The maximum absolute atomic E-state index is 10.3. The summed E-state index contributed by atoms with van der Waals surface area (Å²) in [6.45, 7) is 0. The third-order valence-corrected chi connectivity index (χ3v) is 0.986. The van der Waals surface area contributed by atoms with Crippen LogP contribution < -0.4 is 10.2 Å². The minimum absolute atomic E-state index is 0.0708. The molecule has 12 heavy (non-hydrogen) atoms. The van der Waals surface area contributed by atoms with E-state index in [4.69, 9.17) is 0 Å². The van der Waals surface area contributed by atoms with Crippen LogP contribution in [0.4, 0.5) is 0 Å². The van der Waals surface area contributed by atoms with Crippen molar-refractivity contribution in [2.24, 2.45) is 0 Å². The zero-order chi connectivity index (χ0) is 9.56. The molecule has 0 amide bonds. The van der Waals surface area contributed by atoms with Gasteiger partial charge in [-0.2, -0.15) is 0 Å². The average Bonchev–Trinajstić information content (AvgIpc) is 1.97. The van der Waals surface area contributed by atoms with Crippen LogP contribution in [-0.4, -0.2) is 17.7 Å². The zero-order valence-corrected chi connectivity index (χ0v) is 6.11. The van der Waals surface area contributed by atoms with E-state index >= 15 is 0 Å². The molecular weight excluding hydrogens is 164 g/mol. The van der Waals surface area contributed by atoms with Gasteiger partial charge >= 0.3 is 0 Å². The van der Waals surface area contributed by atoms with Gasteiger partial charge in [0.25, 0.3) is 0 Å². The van der Waals surface area contributed by atoms with Crippen molar-refractivity contribution in [2.45, 2.75) is 12.8 Å². The molecule has 0 atom stereocenters. The van der Waals surface area contributed by atoms with Gasteiger partial charge in [0, 0.05) is 5.97 Å². The lowest BCUT2D eigenvalue weighted by Crippen LogP contribution is -2.30. The highest BCUT2D eigenvalue weighted by Gasteiger charge is 1.93. The molecule has 66 valence electrons. The van der Waals surface area contributed by atoms with Crippen molar-refractivity contribution in [1.29, 1.82) is 0 Å². The molecule has 0 fully saturated rings. The number of ketones is 1. The average molecular weight is 170 g/mol. The summed E-state index contributed by atoms with van der Waals surface area (Å²) in [6.07, 6.45) is 1.74. The minimum atomic E-state index is -1.81. The monoisotopic (exact) mass is 170 g/mol. The molecule has 0 aliphatic carbocycles. The summed E-state index contributed by atoms with van der Waals surface area (Å²) in [6, 6.07) is 0. The molecule has 0 radical (unpaired) electrons. The predicted molar refractivity (Wildman–Crippen MR) is 33.4 cm³/mol. The summed E-state index contributed by atoms with van der Waals surface area (Å²) in [4.78, 5) is 29.9. The van der Waals surface area contributed by atoms with Gasteiger partial charge in [0.15, 0.2) is 0 Å². The Hall–Kier alpha value is -1.65. The number of rotatable bonds is 5. The van der Waals surface area contributed by atoms with Crippen LogP contribution in [0.2, 0.25) is 0 Å². The molecule has 0 unspecified atom stereocenters. The van der Waals surface area contributed by atoms with Crippen LogP contribution >= 0.6 is 0 Å². The number of hydrogen-bond donors (Lipinski definition) is 0. The Morgan fingerprint density at radius 2 is 1.75 bits per heavy atom. The Morgan fingerprint density at radius 3 is 2.17 bits per heavy atom. The van der Waals surface area contributed by atoms with Gasteiger partial charge in [-0.3, -0.25) is 4.79 Å². The summed E-state index contributed by atoms with van der Waals surface area (Å²) >= 11 is 0. The lowest BCUT2D eigenvalue weighted by Gasteiger charge is -1.96. The van der Waals surface area contributed by atoms with Crippen LogP contribution in [0, 0.1) is 0 Å². The highest BCUT2D eigenvalue weighted by molar-refractivity contribution is 6.36. The molecule has 0 heterocycles. The van der Waals surface area contributed by atoms with E-state index in [1.54, 1.807) is 0 Å². The van der Waals surface area contributed by atoms with E-state index in [9.17, 15) is 24.6 Å². The molecule has 0 aliphatic rings. The number of carboxylic acid groups (broad SMARTS) is 2. The number of aliphatic carboxylic acids is 2. The fourth-order valence-corrected chi connectivity index (χ4v) is 0.460. The smallest absolute Gasteiger partial charge is 0.200 e. The van der Waals surface area contributed by atoms with Crippen LogP contribution in [0.1, 0.15) is 12.8 Å². The van der Waals surface area contributed by atoms with Gasteiger partial charge in [0.05, 0.1) is 0 Å². The Balaban J connectivity index is 3.70. The van der Waals surface area contributed by atoms with Gasteiger partial charge in [-0.1, -0.05) is 6.08 Å². The highest BCUT2D eigenvalue weighted by Crippen LogP contribution is 1.88. The molecule has 0 saturated carbocycles. The van der Waals surface area contributed by atoms with E-state index in [0.717, 1.165) is 12.2 Å². The van der Waals surface area contributed by atoms with Crippen molar-refractivity contribution < 1.29 is 24.6 Å². The van der Waals surface area contributed by atoms with Crippen LogP contribution in [0.15, 0.2) is 12.2 Å². The number of carboxylic acids is 2. The molecule has 0 aromatic rings. The van der Waals surface area contributed by atoms with Crippen LogP contribution in [0.3, 0.4) is 0 Å². The Bertz CT molecular complexity index is 228. The first kappa shape index (κ1) is 10.3. The van der Waals surface area contributed by atoms with Crippen molar-refractivity contribution in [2.75, 3.05) is 0 Å². The third-order valence-electron chi connectivity index (χ3n) is 0.986. The molecular formula is C7H6O5-2. The van der Waals surface area contributed by atoms with Crippen molar-refractivity contribution in [3.05, 3.63) is 12.2 Å². The van der Waals surface area contributed by atoms with Gasteiger partial charge < -0.3 is 19.8 Å². The lowest BCUT2D eigenvalue weighted by molar-refractivity contribution is -0.305. The number of allylic oxidation sites excluding steroid dienone is 1. The van der Waals surface area contributed by atoms with Gasteiger partial charge in [-0.05, 0) is 18.9 Å². The van der Waals surface area contributed by atoms with Gasteiger partial charge in [0.2, 0.25) is 5.78 Å². The fraction of sp³-hybridized carbons (Fsp3) is 0.286. The van der Waals surface area contributed by atoms with Crippen molar-refractivity contribution in [3.8, 4) is 0 Å². The first-order valence-corrected chi connectivity index (χ1v) is 3.15. The standard InChI is InChI=1S/C7H8O5/c8-5(7(11)12)3-1-2-4-6(9)10/h1,3H,2,4H2,(H,9,10)(H,11,12)/p-2/b3-1-. The Labute approximate surface area is 68.3 Å². The first-order valence-electron chi connectivity index (χ1n) is 3.15. The summed E-state index contributed by atoms with van der Waals surface area (Å²) in [7, 11) is 0. The summed E-state index contributed by atoms with van der Waals surface area (Å²) < 4.78 is 0. The maximum Gasteiger partial charge on any atom is 0.200 e. The molecule has 0 aliphatic heterocycles. The molecule has 5 nitrogen and oxygen atoms in total. The predicted octanol–water partition coefficient (Wildman–Crippen LogP) is -2.61. The molecule has 0 rings (SSSR count). The zero-order valence-electron chi connectivity index (χ0n) is 6.11. The summed E-state index contributed by atoms with van der Waals surface area (Å²) in [5.41, 5.74) is 0. The number of hydrogen-bond acceptors (Lipinski definition) is 5. The van der Waals surface area contributed by atoms with Crippen LogP contribution in [0.5, 0.6) is 0 Å². The number of carbonyl (C=O) groups is 3. The second-order valence-corrected chi connectivity index (χ2v) is 1.96. The van der Waals surface area contributed by atoms with E-state index in [1.165, 1.54) is 0 Å². The largest absolute Gasteiger partial charge is 0.550 e. The molecule has 0 aromatic carbocycles. The topological polar surface area (TPSA) is 97.3 Å². The van der Waals surface area contributed by atoms with Crippen LogP contribution in [-0.2, 0) is 14.4 Å². The third kappa shape index (κ3) is 5.16. The fourth-order valence-electron chi connectivity index (χ4n) is 0.460. The van der Waals surface area contributed by atoms with Crippen molar-refractivity contribution >= 4 is 17.7 Å². The maximum atomic E-state index is 10.3. The van der Waals surface area contributed by atoms with Gasteiger partial charge in [-0.15, -0.1) is 0 Å². The Kier molecular flexibility index (Phi) is 4.36.